The summed E-state index contributed by atoms with van der Waals surface area (Å²) < 4.78 is 5.19. The van der Waals surface area contributed by atoms with Crippen LogP contribution in [-0.2, 0) is 0 Å². The Morgan fingerprint density at radius 3 is 3.18 bits per heavy atom. The predicted octanol–water partition coefficient (Wildman–Crippen LogP) is 2.24. The number of hydrogen-bond acceptors (Lipinski definition) is 5. The average molecular weight is 245 g/mol. The molecule has 84 valence electrons. The minimum Gasteiger partial charge on any atom is -0.422 e. The first-order valence-corrected chi connectivity index (χ1v) is 5.81. The van der Waals surface area contributed by atoms with Gasteiger partial charge in [0.25, 0.3) is 0 Å². The van der Waals surface area contributed by atoms with Gasteiger partial charge in [0.1, 0.15) is 5.75 Å². The van der Waals surface area contributed by atoms with Crippen LogP contribution in [0.1, 0.15) is 10.5 Å². The van der Waals surface area contributed by atoms with Crippen LogP contribution in [-0.4, -0.2) is 21.2 Å². The Bertz CT molecular complexity index is 660. The fourth-order valence-corrected chi connectivity index (χ4v) is 1.97. The molecule has 0 aliphatic heterocycles. The van der Waals surface area contributed by atoms with E-state index in [-0.39, 0.29) is 0 Å². The van der Waals surface area contributed by atoms with Crippen molar-refractivity contribution in [1.82, 2.24) is 15.2 Å². The van der Waals surface area contributed by atoms with E-state index in [2.05, 4.69) is 15.2 Å². The van der Waals surface area contributed by atoms with E-state index in [9.17, 15) is 4.79 Å². The second-order valence-corrected chi connectivity index (χ2v) is 4.10. The second kappa shape index (κ2) is 3.99. The lowest BCUT2D eigenvalue weighted by Crippen LogP contribution is -2.08. The van der Waals surface area contributed by atoms with Crippen LogP contribution in [0.25, 0.3) is 10.9 Å². The summed E-state index contributed by atoms with van der Waals surface area (Å²) in [6.45, 7) is 0. The van der Waals surface area contributed by atoms with Gasteiger partial charge in [0.2, 0.25) is 0 Å². The smallest absolute Gasteiger partial charge is 0.363 e. The third kappa shape index (κ3) is 1.90. The molecule has 0 bridgehead atoms. The van der Waals surface area contributed by atoms with Gasteiger partial charge in [-0.3, -0.25) is 5.10 Å². The molecule has 0 saturated carbocycles. The first-order valence-electron chi connectivity index (χ1n) is 4.86. The summed E-state index contributed by atoms with van der Waals surface area (Å²) in [7, 11) is 0. The van der Waals surface area contributed by atoms with Crippen molar-refractivity contribution >= 4 is 28.2 Å². The number of nitrogens with zero attached hydrogens (tertiary/aromatic N) is 2. The van der Waals surface area contributed by atoms with Crippen molar-refractivity contribution in [3.05, 3.63) is 41.0 Å². The summed E-state index contributed by atoms with van der Waals surface area (Å²) in [4.78, 5) is 15.5. The highest BCUT2D eigenvalue weighted by Crippen LogP contribution is 2.19. The zero-order valence-corrected chi connectivity index (χ0v) is 9.40. The number of hydrogen-bond donors (Lipinski definition) is 1. The fraction of sp³-hybridized carbons (Fsp3) is 0. The van der Waals surface area contributed by atoms with Gasteiger partial charge in [0.05, 0.1) is 17.2 Å². The van der Waals surface area contributed by atoms with Crippen LogP contribution in [0.3, 0.4) is 0 Å². The zero-order chi connectivity index (χ0) is 11.7. The van der Waals surface area contributed by atoms with Crippen molar-refractivity contribution < 1.29 is 9.53 Å². The Morgan fingerprint density at radius 2 is 2.35 bits per heavy atom. The molecule has 1 aromatic carbocycles. The Morgan fingerprint density at radius 1 is 1.41 bits per heavy atom. The van der Waals surface area contributed by atoms with E-state index in [4.69, 9.17) is 4.74 Å². The van der Waals surface area contributed by atoms with E-state index in [1.807, 2.05) is 6.07 Å². The maximum atomic E-state index is 11.6. The van der Waals surface area contributed by atoms with Crippen molar-refractivity contribution in [1.29, 1.82) is 0 Å². The lowest BCUT2D eigenvalue weighted by atomic mass is 10.2. The zero-order valence-electron chi connectivity index (χ0n) is 8.58. The third-order valence-corrected chi connectivity index (χ3v) is 2.85. The van der Waals surface area contributed by atoms with Crippen LogP contribution in [0.5, 0.6) is 5.75 Å². The van der Waals surface area contributed by atoms with Crippen LogP contribution < -0.4 is 4.74 Å². The van der Waals surface area contributed by atoms with Crippen molar-refractivity contribution in [3.63, 3.8) is 0 Å². The molecule has 0 fully saturated rings. The maximum absolute atomic E-state index is 11.6. The van der Waals surface area contributed by atoms with Crippen molar-refractivity contribution in [3.8, 4) is 5.75 Å². The Hall–Kier alpha value is -2.21. The van der Waals surface area contributed by atoms with Gasteiger partial charge in [0.15, 0.2) is 5.69 Å². The topological polar surface area (TPSA) is 67.9 Å². The van der Waals surface area contributed by atoms with Crippen molar-refractivity contribution in [2.24, 2.45) is 0 Å². The molecule has 2 aromatic heterocycles. The van der Waals surface area contributed by atoms with Crippen LogP contribution in [0.15, 0.2) is 35.3 Å². The van der Waals surface area contributed by atoms with Crippen molar-refractivity contribution in [2.75, 3.05) is 0 Å². The monoisotopic (exact) mass is 245 g/mol. The highest BCUT2D eigenvalue weighted by molar-refractivity contribution is 7.07. The number of carbonyl (C=O) groups is 1. The largest absolute Gasteiger partial charge is 0.422 e. The highest BCUT2D eigenvalue weighted by Gasteiger charge is 2.10. The quantitative estimate of drug-likeness (QED) is 0.555. The first kappa shape index (κ1) is 9.98. The van der Waals surface area contributed by atoms with Gasteiger partial charge in [-0.1, -0.05) is 0 Å². The molecule has 0 radical (unpaired) electrons. The molecule has 3 aromatic rings. The van der Waals surface area contributed by atoms with E-state index in [0.29, 0.717) is 11.4 Å². The molecule has 3 rings (SSSR count). The highest BCUT2D eigenvalue weighted by atomic mass is 32.1. The fourth-order valence-electron chi connectivity index (χ4n) is 1.45. The minimum absolute atomic E-state index is 0.319. The Balaban J connectivity index is 1.87. The van der Waals surface area contributed by atoms with Crippen LogP contribution in [0.4, 0.5) is 0 Å². The molecule has 17 heavy (non-hydrogen) atoms. The SMILES string of the molecule is O=C(Oc1ccc2cn[nH]c2c1)c1cscn1. The van der Waals surface area contributed by atoms with Gasteiger partial charge in [-0.2, -0.15) is 5.10 Å². The van der Waals surface area contributed by atoms with E-state index in [1.165, 1.54) is 11.3 Å². The first-order chi connectivity index (χ1) is 8.33. The predicted molar refractivity (Wildman–Crippen MR) is 63.2 cm³/mol. The number of H-pyrrole nitrogens is 1. The lowest BCUT2D eigenvalue weighted by molar-refractivity contribution is 0.0729. The second-order valence-electron chi connectivity index (χ2n) is 3.38. The van der Waals surface area contributed by atoms with Crippen molar-refractivity contribution in [2.45, 2.75) is 0 Å². The molecule has 0 atom stereocenters. The van der Waals surface area contributed by atoms with Gasteiger partial charge < -0.3 is 4.74 Å². The molecule has 0 aliphatic carbocycles. The van der Waals surface area contributed by atoms with E-state index < -0.39 is 5.97 Å². The van der Waals surface area contributed by atoms with Gasteiger partial charge in [-0.05, 0) is 12.1 Å². The molecule has 0 spiro atoms. The molecular formula is C11H7N3O2S. The number of nitrogens with one attached hydrogen (secondary N) is 1. The number of fused-ring (bicyclic) bond motifs is 1. The average Bonchev–Trinajstić information content (AvgIpc) is 2.99. The Kier molecular flexibility index (Phi) is 2.34. The van der Waals surface area contributed by atoms with Crippen LogP contribution in [0.2, 0.25) is 0 Å². The lowest BCUT2D eigenvalue weighted by Gasteiger charge is -2.01. The summed E-state index contributed by atoms with van der Waals surface area (Å²) in [6, 6.07) is 5.29. The molecule has 2 heterocycles. The van der Waals surface area contributed by atoms with Gasteiger partial charge in [-0.15, -0.1) is 11.3 Å². The molecule has 1 N–H and O–H groups in total. The number of aromatic nitrogens is 3. The summed E-state index contributed by atoms with van der Waals surface area (Å²) >= 11 is 1.35. The van der Waals surface area contributed by atoms with Gasteiger partial charge in [0, 0.05) is 16.8 Å². The number of aromatic amines is 1. The number of esters is 1. The summed E-state index contributed by atoms with van der Waals surface area (Å²) in [5, 5.41) is 9.33. The van der Waals surface area contributed by atoms with E-state index >= 15 is 0 Å². The number of thiazole rings is 1. The Labute approximate surface area is 100 Å². The van der Waals surface area contributed by atoms with Gasteiger partial charge >= 0.3 is 5.97 Å². The van der Waals surface area contributed by atoms with E-state index in [1.54, 1.807) is 29.2 Å². The molecule has 5 nitrogen and oxygen atoms in total. The number of carbonyl (C=O) groups excluding carboxylic acids is 1. The number of benzene rings is 1. The molecule has 0 aliphatic rings. The summed E-state index contributed by atoms with van der Waals surface area (Å²) in [5.41, 5.74) is 2.74. The standard InChI is InChI=1S/C11H7N3O2S/c15-11(10-5-17-6-12-10)16-8-2-1-7-4-13-14-9(7)3-8/h1-6H,(H,13,14). The molecule has 0 saturated heterocycles. The molecule has 0 amide bonds. The number of rotatable bonds is 2. The normalized spacial score (nSPS) is 10.6. The molecular weight excluding hydrogens is 238 g/mol. The van der Waals surface area contributed by atoms with Crippen LogP contribution in [0, 0.1) is 0 Å². The molecule has 0 unspecified atom stereocenters. The third-order valence-electron chi connectivity index (χ3n) is 2.27. The van der Waals surface area contributed by atoms with Crippen LogP contribution >= 0.6 is 11.3 Å². The number of ether oxygens (including phenoxy) is 1. The van der Waals surface area contributed by atoms with E-state index in [0.717, 1.165) is 10.9 Å². The molecule has 6 heteroatoms. The minimum atomic E-state index is -0.454. The van der Waals surface area contributed by atoms with Gasteiger partial charge in [-0.25, -0.2) is 9.78 Å². The summed E-state index contributed by atoms with van der Waals surface area (Å²) in [6.07, 6.45) is 1.71. The maximum Gasteiger partial charge on any atom is 0.363 e. The summed E-state index contributed by atoms with van der Waals surface area (Å²) in [5.74, 6) is 0.0184.